The van der Waals surface area contributed by atoms with Gasteiger partial charge in [-0.2, -0.15) is 13.5 Å². The molecule has 0 aliphatic heterocycles. The Kier molecular flexibility index (Phi) is 7.04. The van der Waals surface area contributed by atoms with E-state index in [9.17, 15) is 13.2 Å². The fourth-order valence-corrected chi connectivity index (χ4v) is 3.56. The Bertz CT molecular complexity index is 1190. The van der Waals surface area contributed by atoms with Crippen LogP contribution < -0.4 is 14.3 Å². The molecule has 1 amide bonds. The topological polar surface area (TPSA) is 94.1 Å². The zero-order chi connectivity index (χ0) is 22.3. The van der Waals surface area contributed by atoms with Crippen LogP contribution in [-0.2, 0) is 14.9 Å². The number of para-hydroxylation sites is 2. The minimum atomic E-state index is -4.01. The minimum Gasteiger partial charge on any atom is -0.483 e. The smallest absolute Gasteiger partial charge is 0.339 e. The third-order valence-electron chi connectivity index (χ3n) is 4.27. The van der Waals surface area contributed by atoms with E-state index in [1.54, 1.807) is 36.4 Å². The average Bonchev–Trinajstić information content (AvgIpc) is 2.74. The van der Waals surface area contributed by atoms with E-state index >= 15 is 0 Å². The number of hydrogen-bond donors (Lipinski definition) is 1. The van der Waals surface area contributed by atoms with Gasteiger partial charge in [-0.1, -0.05) is 48.0 Å². The quantitative estimate of drug-likeness (QED) is 0.329. The van der Waals surface area contributed by atoms with Gasteiger partial charge in [0.15, 0.2) is 12.4 Å². The van der Waals surface area contributed by atoms with Gasteiger partial charge >= 0.3 is 10.1 Å². The summed E-state index contributed by atoms with van der Waals surface area (Å²) >= 11 is 0. The second-order valence-corrected chi connectivity index (χ2v) is 8.28. The third kappa shape index (κ3) is 6.16. The summed E-state index contributed by atoms with van der Waals surface area (Å²) in [5, 5.41) is 3.87. The number of aryl methyl sites for hydroxylation is 2. The Balaban J connectivity index is 1.63. The molecule has 0 atom stereocenters. The molecule has 0 spiro atoms. The lowest BCUT2D eigenvalue weighted by atomic mass is 10.2. The van der Waals surface area contributed by atoms with Gasteiger partial charge in [0, 0.05) is 5.56 Å². The molecule has 0 aromatic heterocycles. The van der Waals surface area contributed by atoms with E-state index in [4.69, 9.17) is 8.92 Å². The standard InChI is InChI=1S/C23H22N2O5S/c1-17-11-13-20(14-12-17)31(27,28)30-22-10-6-4-8-19(22)15-24-25-23(26)16-29-21-9-5-3-7-18(21)2/h3-15H,16H2,1-2H3,(H,25,26)/b24-15+. The summed E-state index contributed by atoms with van der Waals surface area (Å²) < 4.78 is 35.8. The van der Waals surface area contributed by atoms with Gasteiger partial charge in [-0.3, -0.25) is 4.79 Å². The Morgan fingerprint density at radius 1 is 0.935 bits per heavy atom. The first kappa shape index (κ1) is 22.0. The first-order valence-corrected chi connectivity index (χ1v) is 10.9. The van der Waals surface area contributed by atoms with E-state index in [1.807, 2.05) is 32.0 Å². The Labute approximate surface area is 181 Å². The molecule has 0 bridgehead atoms. The highest BCUT2D eigenvalue weighted by molar-refractivity contribution is 7.87. The molecular formula is C23H22N2O5S. The van der Waals surface area contributed by atoms with Crippen LogP contribution in [0.25, 0.3) is 0 Å². The zero-order valence-electron chi connectivity index (χ0n) is 17.1. The van der Waals surface area contributed by atoms with E-state index < -0.39 is 16.0 Å². The maximum Gasteiger partial charge on any atom is 0.339 e. The Morgan fingerprint density at radius 3 is 2.29 bits per heavy atom. The molecule has 0 heterocycles. The van der Waals surface area contributed by atoms with Crippen LogP contribution in [-0.4, -0.2) is 27.1 Å². The monoisotopic (exact) mass is 438 g/mol. The van der Waals surface area contributed by atoms with Crippen LogP contribution in [0.5, 0.6) is 11.5 Å². The predicted molar refractivity (Wildman–Crippen MR) is 118 cm³/mol. The summed E-state index contributed by atoms with van der Waals surface area (Å²) in [5.41, 5.74) is 4.59. The molecule has 160 valence electrons. The predicted octanol–water partition coefficient (Wildman–Crippen LogP) is 3.60. The van der Waals surface area contributed by atoms with Crippen LogP contribution in [0.3, 0.4) is 0 Å². The molecule has 0 saturated heterocycles. The average molecular weight is 439 g/mol. The fraction of sp³-hybridized carbons (Fsp3) is 0.130. The van der Waals surface area contributed by atoms with Crippen LogP contribution >= 0.6 is 0 Å². The molecule has 0 saturated carbocycles. The molecule has 0 radical (unpaired) electrons. The van der Waals surface area contributed by atoms with Gasteiger partial charge in [0.25, 0.3) is 5.91 Å². The van der Waals surface area contributed by atoms with Crippen molar-refractivity contribution >= 4 is 22.2 Å². The SMILES string of the molecule is Cc1ccc(S(=O)(=O)Oc2ccccc2/C=N/NC(=O)COc2ccccc2C)cc1. The van der Waals surface area contributed by atoms with Gasteiger partial charge in [0.2, 0.25) is 0 Å². The molecule has 7 nitrogen and oxygen atoms in total. The van der Waals surface area contributed by atoms with Gasteiger partial charge in [-0.05, 0) is 49.7 Å². The van der Waals surface area contributed by atoms with Crippen molar-refractivity contribution in [2.24, 2.45) is 5.10 Å². The van der Waals surface area contributed by atoms with E-state index in [1.165, 1.54) is 24.4 Å². The minimum absolute atomic E-state index is 0.0477. The van der Waals surface area contributed by atoms with Gasteiger partial charge in [0.1, 0.15) is 10.6 Å². The molecule has 31 heavy (non-hydrogen) atoms. The summed E-state index contributed by atoms with van der Waals surface area (Å²) in [6.45, 7) is 3.54. The number of nitrogens with zero attached hydrogens (tertiary/aromatic N) is 1. The Hall–Kier alpha value is -3.65. The molecule has 3 aromatic rings. The van der Waals surface area contributed by atoms with Crippen LogP contribution in [0.1, 0.15) is 16.7 Å². The molecule has 8 heteroatoms. The van der Waals surface area contributed by atoms with E-state index in [0.29, 0.717) is 11.3 Å². The van der Waals surface area contributed by atoms with Gasteiger partial charge in [-0.25, -0.2) is 5.43 Å². The second-order valence-electron chi connectivity index (χ2n) is 6.74. The maximum atomic E-state index is 12.5. The third-order valence-corrected chi connectivity index (χ3v) is 5.52. The molecule has 0 unspecified atom stereocenters. The summed E-state index contributed by atoms with van der Waals surface area (Å²) in [7, 11) is -4.01. The second kappa shape index (κ2) is 9.90. The van der Waals surface area contributed by atoms with Crippen LogP contribution in [0.4, 0.5) is 0 Å². The van der Waals surface area contributed by atoms with E-state index in [0.717, 1.165) is 11.1 Å². The van der Waals surface area contributed by atoms with Crippen LogP contribution in [0.15, 0.2) is 82.8 Å². The van der Waals surface area contributed by atoms with Crippen molar-refractivity contribution < 1.29 is 22.1 Å². The van der Waals surface area contributed by atoms with Crippen LogP contribution in [0.2, 0.25) is 0 Å². The fourth-order valence-electron chi connectivity index (χ4n) is 2.60. The highest BCUT2D eigenvalue weighted by atomic mass is 32.2. The number of amides is 1. The summed E-state index contributed by atoms with van der Waals surface area (Å²) in [6.07, 6.45) is 1.31. The van der Waals surface area contributed by atoms with Gasteiger partial charge < -0.3 is 8.92 Å². The van der Waals surface area contributed by atoms with Crippen molar-refractivity contribution in [1.29, 1.82) is 0 Å². The first-order chi connectivity index (χ1) is 14.8. The van der Waals surface area contributed by atoms with Crippen molar-refractivity contribution in [3.8, 4) is 11.5 Å². The molecule has 0 aliphatic rings. The number of carbonyl (C=O) groups excluding carboxylic acids is 1. The normalized spacial score (nSPS) is 11.3. The number of hydrogen-bond acceptors (Lipinski definition) is 6. The number of rotatable bonds is 8. The lowest BCUT2D eigenvalue weighted by Crippen LogP contribution is -2.24. The summed E-state index contributed by atoms with van der Waals surface area (Å²) in [5.74, 6) is 0.254. The van der Waals surface area contributed by atoms with Crippen molar-refractivity contribution in [1.82, 2.24) is 5.43 Å². The van der Waals surface area contributed by atoms with Crippen molar-refractivity contribution in [3.63, 3.8) is 0 Å². The van der Waals surface area contributed by atoms with E-state index in [-0.39, 0.29) is 17.3 Å². The lowest BCUT2D eigenvalue weighted by Gasteiger charge is -2.09. The highest BCUT2D eigenvalue weighted by Crippen LogP contribution is 2.22. The highest BCUT2D eigenvalue weighted by Gasteiger charge is 2.17. The van der Waals surface area contributed by atoms with Crippen LogP contribution in [0, 0.1) is 13.8 Å². The zero-order valence-corrected chi connectivity index (χ0v) is 17.9. The molecular weight excluding hydrogens is 416 g/mol. The number of nitrogens with one attached hydrogen (secondary N) is 1. The molecule has 3 aromatic carbocycles. The van der Waals surface area contributed by atoms with Gasteiger partial charge in [0.05, 0.1) is 6.21 Å². The number of carbonyl (C=O) groups is 1. The summed E-state index contributed by atoms with van der Waals surface area (Å²) in [4.78, 5) is 12.0. The number of benzene rings is 3. The van der Waals surface area contributed by atoms with Gasteiger partial charge in [-0.15, -0.1) is 0 Å². The maximum absolute atomic E-state index is 12.5. The summed E-state index contributed by atoms with van der Waals surface area (Å²) in [6, 6.07) is 20.2. The van der Waals surface area contributed by atoms with Crippen molar-refractivity contribution in [3.05, 3.63) is 89.5 Å². The molecule has 0 fully saturated rings. The molecule has 1 N–H and O–H groups in total. The molecule has 0 aliphatic carbocycles. The molecule has 3 rings (SSSR count). The van der Waals surface area contributed by atoms with Crippen molar-refractivity contribution in [2.45, 2.75) is 18.7 Å². The number of ether oxygens (including phenoxy) is 1. The first-order valence-electron chi connectivity index (χ1n) is 9.46. The number of hydrazone groups is 1. The van der Waals surface area contributed by atoms with Crippen molar-refractivity contribution in [2.75, 3.05) is 6.61 Å². The van der Waals surface area contributed by atoms with E-state index in [2.05, 4.69) is 10.5 Å². The largest absolute Gasteiger partial charge is 0.483 e. The Morgan fingerprint density at radius 2 is 1.58 bits per heavy atom. The lowest BCUT2D eigenvalue weighted by molar-refractivity contribution is -0.123.